The molecule has 0 saturated heterocycles. The molecule has 0 unspecified atom stereocenters. The third kappa shape index (κ3) is 7.92. The van der Waals surface area contributed by atoms with Crippen LogP contribution in [0.15, 0.2) is 71.1 Å². The van der Waals surface area contributed by atoms with E-state index in [0.29, 0.717) is 42.3 Å². The molecule has 1 N–H and O–H groups in total. The van der Waals surface area contributed by atoms with E-state index < -0.39 is 22.8 Å². The van der Waals surface area contributed by atoms with E-state index >= 15 is 0 Å². The minimum atomic E-state index is -0.900. The number of allylic oxidation sites excluding steroid dienone is 2. The van der Waals surface area contributed by atoms with Crippen molar-refractivity contribution in [1.82, 2.24) is 5.32 Å². The van der Waals surface area contributed by atoms with E-state index in [1.54, 1.807) is 19.9 Å². The number of non-ortho nitro benzene ring substituents is 1. The minimum absolute atomic E-state index is 0.0837. The molecule has 10 nitrogen and oxygen atoms in total. The molecule has 2 aromatic carbocycles. The largest absolute Gasteiger partial charge is 0.493 e. The number of esters is 2. The molecular weight excluding hydrogens is 516 g/mol. The Morgan fingerprint density at radius 2 is 1.65 bits per heavy atom. The van der Waals surface area contributed by atoms with Crippen LogP contribution in [0.3, 0.4) is 0 Å². The van der Waals surface area contributed by atoms with Gasteiger partial charge in [-0.1, -0.05) is 31.2 Å². The minimum Gasteiger partial charge on any atom is -0.493 e. The Morgan fingerprint density at radius 3 is 2.30 bits per heavy atom. The van der Waals surface area contributed by atoms with Gasteiger partial charge in [-0.3, -0.25) is 10.1 Å². The Kier molecular flexibility index (Phi) is 11.3. The van der Waals surface area contributed by atoms with E-state index in [0.717, 1.165) is 25.0 Å². The van der Waals surface area contributed by atoms with Gasteiger partial charge in [0.05, 0.1) is 48.9 Å². The molecule has 1 aliphatic heterocycles. The van der Waals surface area contributed by atoms with Crippen molar-refractivity contribution in [3.63, 3.8) is 0 Å². The zero-order valence-electron chi connectivity index (χ0n) is 23.4. The van der Waals surface area contributed by atoms with Gasteiger partial charge >= 0.3 is 11.9 Å². The first kappa shape index (κ1) is 30.4. The fraction of sp³-hybridized carbons (Fsp3) is 0.400. The number of ether oxygens (including phenoxy) is 4. The molecule has 0 amide bonds. The second-order valence-electron chi connectivity index (χ2n) is 9.32. The monoisotopic (exact) mass is 552 g/mol. The van der Waals surface area contributed by atoms with Crippen LogP contribution in [0.2, 0.25) is 0 Å². The Balaban J connectivity index is 1.64. The lowest BCUT2D eigenvalue weighted by atomic mass is 9.80. The number of hydrogen-bond acceptors (Lipinski definition) is 9. The molecule has 0 aromatic heterocycles. The molecule has 0 bridgehead atoms. The van der Waals surface area contributed by atoms with Crippen LogP contribution in [-0.4, -0.2) is 50.4 Å². The van der Waals surface area contributed by atoms with Gasteiger partial charge in [-0.05, 0) is 49.9 Å². The van der Waals surface area contributed by atoms with Crippen LogP contribution in [0.25, 0.3) is 0 Å². The molecule has 1 aliphatic rings. The predicted octanol–water partition coefficient (Wildman–Crippen LogP) is 4.98. The fourth-order valence-corrected chi connectivity index (χ4v) is 4.48. The van der Waals surface area contributed by atoms with Crippen molar-refractivity contribution in [3.05, 3.63) is 92.3 Å². The summed E-state index contributed by atoms with van der Waals surface area (Å²) in [6.45, 7) is 7.33. The number of carbonyl (C=O) groups excluding carboxylic acids is 2. The Bertz CT molecular complexity index is 1270. The lowest BCUT2D eigenvalue weighted by Gasteiger charge is -2.30. The van der Waals surface area contributed by atoms with E-state index in [1.807, 2.05) is 24.3 Å². The van der Waals surface area contributed by atoms with Crippen LogP contribution in [0.5, 0.6) is 5.75 Å². The summed E-state index contributed by atoms with van der Waals surface area (Å²) < 4.78 is 21.8. The van der Waals surface area contributed by atoms with Crippen molar-refractivity contribution in [2.75, 3.05) is 33.5 Å². The lowest BCUT2D eigenvalue weighted by Crippen LogP contribution is -2.32. The molecule has 1 heterocycles. The highest BCUT2D eigenvalue weighted by molar-refractivity contribution is 5.99. The predicted molar refractivity (Wildman–Crippen MR) is 149 cm³/mol. The van der Waals surface area contributed by atoms with Gasteiger partial charge in [0.2, 0.25) is 0 Å². The molecule has 0 saturated carbocycles. The maximum Gasteiger partial charge on any atom is 0.336 e. The standard InChI is InChI=1S/C30H36N2O8/c1-5-15-38-18-14-22-10-12-25(13-11-22)39-16-7-17-40-30(34)27-21(3)31-20(2)26(29(33)37-4)28(27)23-8-6-9-24(19-23)32(35)36/h6,8-13,19,28,31H,5,7,14-18H2,1-4H3/t28-/m1/s1. The summed E-state index contributed by atoms with van der Waals surface area (Å²) in [5.74, 6) is -1.46. The summed E-state index contributed by atoms with van der Waals surface area (Å²) in [6, 6.07) is 13.6. The van der Waals surface area contributed by atoms with Crippen LogP contribution in [0.1, 0.15) is 50.7 Å². The molecule has 40 heavy (non-hydrogen) atoms. The van der Waals surface area contributed by atoms with E-state index in [4.69, 9.17) is 18.9 Å². The molecule has 0 spiro atoms. The van der Waals surface area contributed by atoms with E-state index in [1.165, 1.54) is 25.3 Å². The molecule has 214 valence electrons. The van der Waals surface area contributed by atoms with Gasteiger partial charge in [-0.25, -0.2) is 9.59 Å². The number of rotatable bonds is 14. The molecule has 1 atom stereocenters. The number of carbonyl (C=O) groups is 2. The fourth-order valence-electron chi connectivity index (χ4n) is 4.48. The Morgan fingerprint density at radius 1 is 0.950 bits per heavy atom. The summed E-state index contributed by atoms with van der Waals surface area (Å²) in [6.07, 6.45) is 2.28. The number of nitro groups is 1. The highest BCUT2D eigenvalue weighted by Gasteiger charge is 2.38. The van der Waals surface area contributed by atoms with Crippen molar-refractivity contribution >= 4 is 17.6 Å². The van der Waals surface area contributed by atoms with Crippen LogP contribution < -0.4 is 10.1 Å². The average molecular weight is 553 g/mol. The summed E-state index contributed by atoms with van der Waals surface area (Å²) >= 11 is 0. The molecule has 10 heteroatoms. The van der Waals surface area contributed by atoms with E-state index in [2.05, 4.69) is 12.2 Å². The first-order valence-corrected chi connectivity index (χ1v) is 13.2. The number of hydrogen-bond donors (Lipinski definition) is 1. The van der Waals surface area contributed by atoms with E-state index in [9.17, 15) is 19.7 Å². The van der Waals surface area contributed by atoms with Gasteiger partial charge in [0, 0.05) is 36.6 Å². The van der Waals surface area contributed by atoms with E-state index in [-0.39, 0.29) is 23.4 Å². The van der Waals surface area contributed by atoms with Crippen molar-refractivity contribution in [1.29, 1.82) is 0 Å². The van der Waals surface area contributed by atoms with Crippen molar-refractivity contribution in [2.45, 2.75) is 46.0 Å². The lowest BCUT2D eigenvalue weighted by molar-refractivity contribution is -0.384. The van der Waals surface area contributed by atoms with Gasteiger partial charge in [-0.15, -0.1) is 0 Å². The maximum absolute atomic E-state index is 13.3. The van der Waals surface area contributed by atoms with Gasteiger partial charge in [0.15, 0.2) is 0 Å². The SMILES string of the molecule is CCCOCCc1ccc(OCCCOC(=O)C2=C(C)NC(C)=C(C(=O)OC)[C@H]2c2cccc([N+](=O)[O-])c2)cc1. The first-order valence-electron chi connectivity index (χ1n) is 13.2. The molecule has 0 radical (unpaired) electrons. The summed E-state index contributed by atoms with van der Waals surface area (Å²) in [4.78, 5) is 36.9. The number of methoxy groups -OCH3 is 1. The third-order valence-electron chi connectivity index (χ3n) is 6.40. The van der Waals surface area contributed by atoms with Crippen LogP contribution in [-0.2, 0) is 30.2 Å². The second-order valence-corrected chi connectivity index (χ2v) is 9.32. The van der Waals surface area contributed by atoms with Gasteiger partial charge in [0.25, 0.3) is 5.69 Å². The number of nitrogens with one attached hydrogen (secondary N) is 1. The molecule has 0 aliphatic carbocycles. The number of nitrogens with zero attached hydrogens (tertiary/aromatic N) is 1. The van der Waals surface area contributed by atoms with Crippen LogP contribution in [0.4, 0.5) is 5.69 Å². The highest BCUT2D eigenvalue weighted by Crippen LogP contribution is 2.40. The topological polar surface area (TPSA) is 126 Å². The summed E-state index contributed by atoms with van der Waals surface area (Å²) in [5.41, 5.74) is 2.77. The van der Waals surface area contributed by atoms with Gasteiger partial charge in [0.1, 0.15) is 5.75 Å². The third-order valence-corrected chi connectivity index (χ3v) is 6.40. The Labute approximate surface area is 234 Å². The number of benzene rings is 2. The normalized spacial score (nSPS) is 14.9. The van der Waals surface area contributed by atoms with Gasteiger partial charge < -0.3 is 24.3 Å². The molecular formula is C30H36N2O8. The molecule has 2 aromatic rings. The smallest absolute Gasteiger partial charge is 0.336 e. The van der Waals surface area contributed by atoms with Crippen LogP contribution in [0, 0.1) is 10.1 Å². The number of dihydropyridines is 1. The van der Waals surface area contributed by atoms with Crippen molar-refractivity contribution in [2.24, 2.45) is 0 Å². The number of nitro benzene ring substituents is 1. The average Bonchev–Trinajstić information content (AvgIpc) is 2.95. The summed E-state index contributed by atoms with van der Waals surface area (Å²) in [7, 11) is 1.24. The first-order chi connectivity index (χ1) is 19.3. The van der Waals surface area contributed by atoms with Crippen molar-refractivity contribution in [3.8, 4) is 5.75 Å². The van der Waals surface area contributed by atoms with Crippen molar-refractivity contribution < 1.29 is 33.5 Å². The quantitative estimate of drug-likeness (QED) is 0.149. The molecule has 0 fully saturated rings. The zero-order valence-corrected chi connectivity index (χ0v) is 23.4. The Hall–Kier alpha value is -4.18. The van der Waals surface area contributed by atoms with Gasteiger partial charge in [-0.2, -0.15) is 0 Å². The van der Waals surface area contributed by atoms with Crippen LogP contribution >= 0.6 is 0 Å². The maximum atomic E-state index is 13.3. The highest BCUT2D eigenvalue weighted by atomic mass is 16.6. The molecule has 3 rings (SSSR count). The summed E-state index contributed by atoms with van der Waals surface area (Å²) in [5, 5.41) is 14.5. The second kappa shape index (κ2) is 14.8. The zero-order chi connectivity index (χ0) is 29.1.